The summed E-state index contributed by atoms with van der Waals surface area (Å²) in [6.07, 6.45) is 0. The summed E-state index contributed by atoms with van der Waals surface area (Å²) in [6.45, 7) is 7.66. The van der Waals surface area contributed by atoms with Crippen molar-refractivity contribution in [1.29, 1.82) is 0 Å². The lowest BCUT2D eigenvalue weighted by molar-refractivity contribution is -0.385. The first-order valence-corrected chi connectivity index (χ1v) is 6.84. The highest BCUT2D eigenvalue weighted by Crippen LogP contribution is 2.28. The Morgan fingerprint density at radius 2 is 1.90 bits per heavy atom. The van der Waals surface area contributed by atoms with E-state index in [0.717, 1.165) is 17.0 Å². The van der Waals surface area contributed by atoms with Gasteiger partial charge in [0.25, 0.3) is 5.69 Å². The van der Waals surface area contributed by atoms with Crippen molar-refractivity contribution in [3.63, 3.8) is 0 Å². The van der Waals surface area contributed by atoms with Crippen LogP contribution in [0.4, 0.5) is 5.69 Å². The molecule has 0 radical (unpaired) electrons. The Bertz CT molecular complexity index is 632. The number of aryl methyl sites for hydroxylation is 2. The summed E-state index contributed by atoms with van der Waals surface area (Å²) >= 11 is 0. The highest BCUT2D eigenvalue weighted by Gasteiger charge is 2.22. The summed E-state index contributed by atoms with van der Waals surface area (Å²) in [5.74, 6) is 0.766. The standard InChI is InChI=1S/C15H19N3O3/c1-9(13-7-5-6-8-14(13)18(19)20)16-10(2)15-11(3)17-21-12(15)4/h5-10,16H,1-4H3. The normalized spacial score (nSPS) is 13.9. The number of hydrogen-bond donors (Lipinski definition) is 1. The topological polar surface area (TPSA) is 81.2 Å². The largest absolute Gasteiger partial charge is 0.361 e. The molecule has 2 unspecified atom stereocenters. The molecule has 0 fully saturated rings. The fourth-order valence-electron chi connectivity index (χ4n) is 2.68. The van der Waals surface area contributed by atoms with Crippen LogP contribution in [0.15, 0.2) is 28.8 Å². The molecule has 21 heavy (non-hydrogen) atoms. The third kappa shape index (κ3) is 3.11. The fourth-order valence-corrected chi connectivity index (χ4v) is 2.68. The van der Waals surface area contributed by atoms with Crippen LogP contribution < -0.4 is 5.32 Å². The molecule has 2 atom stereocenters. The maximum Gasteiger partial charge on any atom is 0.274 e. The number of benzene rings is 1. The van der Waals surface area contributed by atoms with Crippen molar-refractivity contribution in [2.45, 2.75) is 39.8 Å². The van der Waals surface area contributed by atoms with E-state index >= 15 is 0 Å². The molecule has 1 heterocycles. The lowest BCUT2D eigenvalue weighted by Crippen LogP contribution is -2.23. The zero-order valence-corrected chi connectivity index (χ0v) is 12.6. The predicted molar refractivity (Wildman–Crippen MR) is 79.0 cm³/mol. The van der Waals surface area contributed by atoms with Crippen molar-refractivity contribution in [2.75, 3.05) is 0 Å². The van der Waals surface area contributed by atoms with Crippen LogP contribution in [-0.2, 0) is 0 Å². The van der Waals surface area contributed by atoms with Crippen molar-refractivity contribution in [3.05, 3.63) is 57.0 Å². The predicted octanol–water partition coefficient (Wildman–Crippen LogP) is 3.61. The number of nitro benzene ring substituents is 1. The molecule has 0 aliphatic carbocycles. The summed E-state index contributed by atoms with van der Waals surface area (Å²) in [7, 11) is 0. The number of hydrogen-bond acceptors (Lipinski definition) is 5. The minimum atomic E-state index is -0.353. The van der Waals surface area contributed by atoms with Crippen LogP contribution in [0.2, 0.25) is 0 Å². The molecule has 0 aliphatic heterocycles. The molecule has 2 aromatic rings. The molecule has 6 heteroatoms. The zero-order valence-electron chi connectivity index (χ0n) is 12.6. The summed E-state index contributed by atoms with van der Waals surface area (Å²) in [6, 6.07) is 6.61. The van der Waals surface area contributed by atoms with Gasteiger partial charge in [-0.3, -0.25) is 10.1 Å². The Morgan fingerprint density at radius 3 is 2.48 bits per heavy atom. The Labute approximate surface area is 123 Å². The van der Waals surface area contributed by atoms with Crippen LogP contribution in [-0.4, -0.2) is 10.1 Å². The monoisotopic (exact) mass is 289 g/mol. The molecule has 0 spiro atoms. The lowest BCUT2D eigenvalue weighted by atomic mass is 10.0. The molecular formula is C15H19N3O3. The van der Waals surface area contributed by atoms with Gasteiger partial charge in [-0.25, -0.2) is 0 Å². The van der Waals surface area contributed by atoms with Gasteiger partial charge in [0, 0.05) is 29.3 Å². The first kappa shape index (κ1) is 15.2. The van der Waals surface area contributed by atoms with Gasteiger partial charge in [-0.1, -0.05) is 23.4 Å². The zero-order chi connectivity index (χ0) is 15.6. The maximum atomic E-state index is 11.1. The van der Waals surface area contributed by atoms with Crippen molar-refractivity contribution in [1.82, 2.24) is 10.5 Å². The van der Waals surface area contributed by atoms with E-state index in [0.29, 0.717) is 5.56 Å². The second-order valence-electron chi connectivity index (χ2n) is 5.16. The summed E-state index contributed by atoms with van der Waals surface area (Å²) in [4.78, 5) is 10.7. The molecule has 112 valence electrons. The number of nitrogens with one attached hydrogen (secondary N) is 1. The van der Waals surface area contributed by atoms with Gasteiger partial charge in [-0.15, -0.1) is 0 Å². The number of rotatable bonds is 5. The van der Waals surface area contributed by atoms with Crippen LogP contribution in [0.25, 0.3) is 0 Å². The van der Waals surface area contributed by atoms with E-state index in [4.69, 9.17) is 4.52 Å². The van der Waals surface area contributed by atoms with E-state index in [1.165, 1.54) is 6.07 Å². The summed E-state index contributed by atoms with van der Waals surface area (Å²) in [5, 5.41) is 18.4. The fraction of sp³-hybridized carbons (Fsp3) is 0.400. The average Bonchev–Trinajstić information content (AvgIpc) is 2.78. The smallest absolute Gasteiger partial charge is 0.274 e. The number of nitrogens with zero attached hydrogens (tertiary/aromatic N) is 2. The molecule has 0 saturated carbocycles. The van der Waals surface area contributed by atoms with Crippen LogP contribution in [0, 0.1) is 24.0 Å². The highest BCUT2D eigenvalue weighted by molar-refractivity contribution is 5.42. The number of aromatic nitrogens is 1. The Balaban J connectivity index is 2.22. The van der Waals surface area contributed by atoms with Crippen LogP contribution in [0.5, 0.6) is 0 Å². The van der Waals surface area contributed by atoms with Crippen molar-refractivity contribution in [3.8, 4) is 0 Å². The summed E-state index contributed by atoms with van der Waals surface area (Å²) in [5.41, 5.74) is 2.63. The maximum absolute atomic E-state index is 11.1. The van der Waals surface area contributed by atoms with E-state index in [-0.39, 0.29) is 22.7 Å². The van der Waals surface area contributed by atoms with E-state index in [1.807, 2.05) is 27.7 Å². The second kappa shape index (κ2) is 6.05. The quantitative estimate of drug-likeness (QED) is 0.671. The van der Waals surface area contributed by atoms with E-state index in [9.17, 15) is 10.1 Å². The SMILES string of the molecule is Cc1noc(C)c1C(C)NC(C)c1ccccc1[N+](=O)[O-]. The van der Waals surface area contributed by atoms with Gasteiger partial charge in [0.2, 0.25) is 0 Å². The molecular weight excluding hydrogens is 270 g/mol. The van der Waals surface area contributed by atoms with Gasteiger partial charge >= 0.3 is 0 Å². The van der Waals surface area contributed by atoms with Crippen LogP contribution in [0.3, 0.4) is 0 Å². The van der Waals surface area contributed by atoms with Gasteiger partial charge < -0.3 is 9.84 Å². The van der Waals surface area contributed by atoms with Crippen molar-refractivity contribution >= 4 is 5.69 Å². The Morgan fingerprint density at radius 1 is 1.24 bits per heavy atom. The minimum Gasteiger partial charge on any atom is -0.361 e. The molecule has 2 rings (SSSR count). The number of nitro groups is 1. The molecule has 0 bridgehead atoms. The molecule has 0 aliphatic rings. The third-order valence-corrected chi connectivity index (χ3v) is 3.62. The molecule has 6 nitrogen and oxygen atoms in total. The van der Waals surface area contributed by atoms with Crippen molar-refractivity contribution in [2.24, 2.45) is 0 Å². The van der Waals surface area contributed by atoms with Gasteiger partial charge in [-0.05, 0) is 27.7 Å². The highest BCUT2D eigenvalue weighted by atomic mass is 16.6. The molecule has 1 aromatic heterocycles. The first-order valence-electron chi connectivity index (χ1n) is 6.84. The van der Waals surface area contributed by atoms with E-state index < -0.39 is 0 Å². The summed E-state index contributed by atoms with van der Waals surface area (Å²) < 4.78 is 5.17. The van der Waals surface area contributed by atoms with Gasteiger partial charge in [0.05, 0.1) is 10.6 Å². The van der Waals surface area contributed by atoms with Crippen LogP contribution in [0.1, 0.15) is 48.5 Å². The van der Waals surface area contributed by atoms with Gasteiger partial charge in [-0.2, -0.15) is 0 Å². The molecule has 0 amide bonds. The average molecular weight is 289 g/mol. The second-order valence-corrected chi connectivity index (χ2v) is 5.16. The molecule has 1 N–H and O–H groups in total. The Hall–Kier alpha value is -2.21. The van der Waals surface area contributed by atoms with E-state index in [2.05, 4.69) is 10.5 Å². The lowest BCUT2D eigenvalue weighted by Gasteiger charge is -2.20. The third-order valence-electron chi connectivity index (χ3n) is 3.62. The first-order chi connectivity index (χ1) is 9.91. The van der Waals surface area contributed by atoms with Gasteiger partial charge in [0.1, 0.15) is 5.76 Å². The molecule has 1 aromatic carbocycles. The van der Waals surface area contributed by atoms with Crippen LogP contribution >= 0.6 is 0 Å². The van der Waals surface area contributed by atoms with Crippen molar-refractivity contribution < 1.29 is 9.45 Å². The number of para-hydroxylation sites is 1. The van der Waals surface area contributed by atoms with Gasteiger partial charge in [0.15, 0.2) is 0 Å². The minimum absolute atomic E-state index is 0.00828. The van der Waals surface area contributed by atoms with E-state index in [1.54, 1.807) is 18.2 Å². The molecule has 0 saturated heterocycles. The Kier molecular flexibility index (Phi) is 4.37.